The lowest BCUT2D eigenvalue weighted by Crippen LogP contribution is -2.64. The zero-order valence-electron chi connectivity index (χ0n) is 31.0. The van der Waals surface area contributed by atoms with Gasteiger partial charge in [0.05, 0.1) is 11.7 Å². The van der Waals surface area contributed by atoms with E-state index < -0.39 is 59.0 Å². The van der Waals surface area contributed by atoms with E-state index >= 15 is 0 Å². The predicted octanol–water partition coefficient (Wildman–Crippen LogP) is 3.25. The second kappa shape index (κ2) is 15.7. The molecule has 3 aliphatic carbocycles. The highest BCUT2D eigenvalue weighted by molar-refractivity contribution is 6.38. The van der Waals surface area contributed by atoms with Crippen molar-refractivity contribution < 1.29 is 33.6 Å². The van der Waals surface area contributed by atoms with Gasteiger partial charge < -0.3 is 31.2 Å². The number of carbonyl (C=O) groups is 7. The molecule has 4 fully saturated rings. The second-order valence-corrected chi connectivity index (χ2v) is 16.3. The van der Waals surface area contributed by atoms with Crippen LogP contribution in [0, 0.1) is 24.2 Å². The molecule has 5 rings (SSSR count). The van der Waals surface area contributed by atoms with Crippen LogP contribution in [-0.2, 0) is 24.0 Å². The zero-order valence-corrected chi connectivity index (χ0v) is 31.0. The maximum Gasteiger partial charge on any atom is 0.289 e. The molecule has 1 aromatic rings. The first-order valence-electron chi connectivity index (χ1n) is 18.9. The first-order chi connectivity index (χ1) is 24.1. The topological polar surface area (TPSA) is 187 Å². The Kier molecular flexibility index (Phi) is 11.8. The minimum atomic E-state index is -1.02. The first kappa shape index (κ1) is 38.2. The zero-order chi connectivity index (χ0) is 37.2. The van der Waals surface area contributed by atoms with Gasteiger partial charge in [-0.2, -0.15) is 0 Å². The Morgan fingerprint density at radius 3 is 2.20 bits per heavy atom. The molecule has 6 atom stereocenters. The van der Waals surface area contributed by atoms with Crippen LogP contribution in [0.1, 0.15) is 138 Å². The van der Waals surface area contributed by atoms with Crippen molar-refractivity contribution >= 4 is 41.1 Å². The highest BCUT2D eigenvalue weighted by atomic mass is 16.2. The van der Waals surface area contributed by atoms with Crippen LogP contribution in [0.3, 0.4) is 0 Å². The van der Waals surface area contributed by atoms with E-state index in [0.717, 1.165) is 57.8 Å². The fraction of sp³-hybridized carbons (Fsp3) is 0.711. The number of carbonyl (C=O) groups excluding carboxylic acids is 7. The van der Waals surface area contributed by atoms with Crippen molar-refractivity contribution in [1.29, 1.82) is 0 Å². The van der Waals surface area contributed by atoms with Crippen molar-refractivity contribution in [2.45, 2.75) is 155 Å². The molecule has 0 radical (unpaired) electrons. The number of Topliss-reactive ketones (excluding diaryl/α,β-unsaturated/α-hetero) is 2. The number of hydrogen-bond acceptors (Lipinski definition) is 7. The van der Waals surface area contributed by atoms with Gasteiger partial charge in [-0.05, 0) is 87.2 Å². The minimum Gasteiger partial charge on any atom is -0.348 e. The number of nitrogens with zero attached hydrogens (tertiary/aromatic N) is 1. The Morgan fingerprint density at radius 2 is 1.61 bits per heavy atom. The number of nitrogens with one attached hydrogen (secondary N) is 5. The maximum atomic E-state index is 14.6. The van der Waals surface area contributed by atoms with Gasteiger partial charge in [-0.3, -0.25) is 33.6 Å². The molecule has 3 saturated carbocycles. The Balaban J connectivity index is 1.35. The first-order valence-corrected chi connectivity index (χ1v) is 18.9. The molecule has 6 unspecified atom stereocenters. The number of H-pyrrole nitrogens is 1. The van der Waals surface area contributed by atoms with Gasteiger partial charge >= 0.3 is 0 Å². The minimum absolute atomic E-state index is 0.00550. The number of likely N-dealkylation sites (tertiary alicyclic amines) is 1. The molecule has 2 heterocycles. The van der Waals surface area contributed by atoms with Gasteiger partial charge in [0, 0.05) is 19.0 Å². The lowest BCUT2D eigenvalue weighted by Gasteiger charge is -2.41. The van der Waals surface area contributed by atoms with Gasteiger partial charge in [0.25, 0.3) is 11.8 Å². The third kappa shape index (κ3) is 8.72. The van der Waals surface area contributed by atoms with Gasteiger partial charge in [0.2, 0.25) is 23.5 Å². The van der Waals surface area contributed by atoms with E-state index in [9.17, 15) is 33.6 Å². The van der Waals surface area contributed by atoms with Crippen LogP contribution >= 0.6 is 0 Å². The highest BCUT2D eigenvalue weighted by Crippen LogP contribution is 2.44. The molecule has 5 amide bonds. The number of rotatable bonds is 14. The average molecular weight is 709 g/mol. The smallest absolute Gasteiger partial charge is 0.289 e. The predicted molar refractivity (Wildman–Crippen MR) is 190 cm³/mol. The largest absolute Gasteiger partial charge is 0.348 e. The molecular weight excluding hydrogens is 652 g/mol. The monoisotopic (exact) mass is 708 g/mol. The van der Waals surface area contributed by atoms with E-state index in [4.69, 9.17) is 0 Å². The lowest BCUT2D eigenvalue weighted by atomic mass is 9.81. The Labute approximate surface area is 300 Å². The normalized spacial score (nSPS) is 23.6. The average Bonchev–Trinajstić information content (AvgIpc) is 3.45. The summed E-state index contributed by atoms with van der Waals surface area (Å²) in [5.74, 6) is -3.65. The molecule has 0 spiro atoms. The Bertz CT molecular complexity index is 1530. The van der Waals surface area contributed by atoms with E-state index in [1.165, 1.54) is 6.92 Å². The van der Waals surface area contributed by atoms with Crippen LogP contribution in [0.4, 0.5) is 0 Å². The number of fused-ring (bicyclic) bond motifs is 2. The number of aromatic nitrogens is 1. The fourth-order valence-corrected chi connectivity index (χ4v) is 8.26. The van der Waals surface area contributed by atoms with E-state index in [-0.39, 0.29) is 41.3 Å². The molecule has 5 N–H and O–H groups in total. The Hall–Kier alpha value is -4.03. The molecule has 280 valence electrons. The van der Waals surface area contributed by atoms with Crippen LogP contribution in [0.25, 0.3) is 0 Å². The van der Waals surface area contributed by atoms with Crippen molar-refractivity contribution in [3.63, 3.8) is 0 Å². The summed E-state index contributed by atoms with van der Waals surface area (Å²) >= 11 is 0. The maximum absolute atomic E-state index is 14.6. The van der Waals surface area contributed by atoms with Crippen LogP contribution in [0.5, 0.6) is 0 Å². The number of ketones is 2. The standard InChI is InChI=1S/C38H56N6O7/c1-7-11-26(31(46)36(50)39-24-15-16-24)41-35(49)30-23-14-17-25(19-23)44(30)37(51)32(38(4,5)6)43-34(48)29(22-12-9-8-10-13-22)42-33(47)27-18-20(2)28(40-27)21(3)45/h18,22-26,29-30,32,40H,7-17,19H2,1-6H3,(H,39,50)(H,41,49)(H,42,47)(H,43,48). The van der Waals surface area contributed by atoms with Crippen molar-refractivity contribution in [1.82, 2.24) is 31.2 Å². The number of piperidine rings is 1. The summed E-state index contributed by atoms with van der Waals surface area (Å²) in [6, 6.07) is -2.37. The molecule has 13 heteroatoms. The summed E-state index contributed by atoms with van der Waals surface area (Å²) in [6.07, 6.45) is 9.01. The molecule has 13 nitrogen and oxygen atoms in total. The summed E-state index contributed by atoms with van der Waals surface area (Å²) in [6.45, 7) is 10.6. The van der Waals surface area contributed by atoms with Gasteiger partial charge in [0.15, 0.2) is 5.78 Å². The summed E-state index contributed by atoms with van der Waals surface area (Å²) in [5, 5.41) is 11.5. The lowest BCUT2D eigenvalue weighted by molar-refractivity contribution is -0.149. The van der Waals surface area contributed by atoms with E-state index in [0.29, 0.717) is 30.5 Å². The van der Waals surface area contributed by atoms with Crippen molar-refractivity contribution in [3.05, 3.63) is 23.0 Å². The highest BCUT2D eigenvalue weighted by Gasteiger charge is 2.54. The van der Waals surface area contributed by atoms with Gasteiger partial charge in [0.1, 0.15) is 23.8 Å². The number of hydrogen-bond donors (Lipinski definition) is 5. The van der Waals surface area contributed by atoms with Crippen molar-refractivity contribution in [2.24, 2.45) is 17.3 Å². The third-order valence-electron chi connectivity index (χ3n) is 11.2. The molecule has 1 saturated heterocycles. The molecule has 1 aliphatic heterocycles. The number of amides is 5. The van der Waals surface area contributed by atoms with Gasteiger partial charge in [-0.15, -0.1) is 0 Å². The number of aryl methyl sites for hydroxylation is 1. The van der Waals surface area contributed by atoms with Crippen molar-refractivity contribution in [2.75, 3.05) is 0 Å². The van der Waals surface area contributed by atoms with Crippen LogP contribution in [-0.4, -0.2) is 87.2 Å². The van der Waals surface area contributed by atoms with Crippen LogP contribution < -0.4 is 21.3 Å². The summed E-state index contributed by atoms with van der Waals surface area (Å²) in [7, 11) is 0. The molecular formula is C38H56N6O7. The van der Waals surface area contributed by atoms with Gasteiger partial charge in [-0.1, -0.05) is 53.4 Å². The molecule has 1 aromatic heterocycles. The fourth-order valence-electron chi connectivity index (χ4n) is 8.26. The molecule has 2 bridgehead atoms. The summed E-state index contributed by atoms with van der Waals surface area (Å²) in [5.41, 5.74) is 0.394. The van der Waals surface area contributed by atoms with Crippen LogP contribution in [0.2, 0.25) is 0 Å². The van der Waals surface area contributed by atoms with E-state index in [2.05, 4.69) is 26.3 Å². The van der Waals surface area contributed by atoms with Gasteiger partial charge in [-0.25, -0.2) is 0 Å². The summed E-state index contributed by atoms with van der Waals surface area (Å²) in [4.78, 5) is 98.6. The SMILES string of the molecule is CCCC(NC(=O)C1C2CCC(C2)N1C(=O)C(NC(=O)C(NC(=O)c1cc(C)c(C(C)=O)[nH]1)C1CCCCC1)C(C)(C)C)C(=O)C(=O)NC1CC1. The number of aromatic amines is 1. The second-order valence-electron chi connectivity index (χ2n) is 16.3. The third-order valence-corrected chi connectivity index (χ3v) is 11.2. The molecule has 4 aliphatic rings. The van der Waals surface area contributed by atoms with Crippen molar-refractivity contribution in [3.8, 4) is 0 Å². The van der Waals surface area contributed by atoms with E-state index in [1.807, 2.05) is 27.7 Å². The van der Waals surface area contributed by atoms with Crippen LogP contribution in [0.15, 0.2) is 6.07 Å². The molecule has 51 heavy (non-hydrogen) atoms. The summed E-state index contributed by atoms with van der Waals surface area (Å²) < 4.78 is 0. The Morgan fingerprint density at radius 1 is 0.922 bits per heavy atom. The molecule has 0 aromatic carbocycles. The van der Waals surface area contributed by atoms with E-state index in [1.54, 1.807) is 17.9 Å². The quantitative estimate of drug-likeness (QED) is 0.145.